The van der Waals surface area contributed by atoms with Crippen molar-refractivity contribution < 1.29 is 0 Å². The van der Waals surface area contributed by atoms with Crippen molar-refractivity contribution >= 4 is 0 Å². The second-order valence-corrected chi connectivity index (χ2v) is 4.44. The first kappa shape index (κ1) is 9.71. The zero-order valence-electron chi connectivity index (χ0n) is 9.08. The molecule has 1 saturated carbocycles. The van der Waals surface area contributed by atoms with E-state index in [1.54, 1.807) is 0 Å². The van der Waals surface area contributed by atoms with Crippen LogP contribution >= 0.6 is 0 Å². The van der Waals surface area contributed by atoms with Gasteiger partial charge in [0.1, 0.15) is 0 Å². The Labute approximate surface area is 85.5 Å². The molecule has 1 aliphatic rings. The number of nitrogens with one attached hydrogen (secondary N) is 1. The molecule has 0 saturated heterocycles. The Morgan fingerprint density at radius 1 is 1.57 bits per heavy atom. The fourth-order valence-electron chi connectivity index (χ4n) is 1.92. The summed E-state index contributed by atoms with van der Waals surface area (Å²) in [5.74, 6) is 0. The van der Waals surface area contributed by atoms with Crippen LogP contribution in [-0.4, -0.2) is 22.9 Å². The molecule has 1 aliphatic carbocycles. The van der Waals surface area contributed by atoms with E-state index >= 15 is 0 Å². The molecule has 2 rings (SSSR count). The Hall–Kier alpha value is -0.830. The van der Waals surface area contributed by atoms with Crippen molar-refractivity contribution in [1.29, 1.82) is 0 Å². The van der Waals surface area contributed by atoms with Gasteiger partial charge in [-0.2, -0.15) is 5.10 Å². The molecule has 0 spiro atoms. The van der Waals surface area contributed by atoms with Crippen LogP contribution in [0.25, 0.3) is 0 Å². The van der Waals surface area contributed by atoms with Gasteiger partial charge in [-0.25, -0.2) is 0 Å². The lowest BCUT2D eigenvalue weighted by molar-refractivity contribution is 0.456. The predicted molar refractivity (Wildman–Crippen MR) is 57.1 cm³/mol. The summed E-state index contributed by atoms with van der Waals surface area (Å²) in [5.41, 5.74) is 1.77. The molecule has 3 nitrogen and oxygen atoms in total. The second kappa shape index (κ2) is 3.73. The summed E-state index contributed by atoms with van der Waals surface area (Å²) in [7, 11) is 1.98. The van der Waals surface area contributed by atoms with E-state index in [0.29, 0.717) is 5.41 Å². The lowest BCUT2D eigenvalue weighted by Crippen LogP contribution is -2.25. The summed E-state index contributed by atoms with van der Waals surface area (Å²) in [5, 5.41) is 7.88. The predicted octanol–water partition coefficient (Wildman–Crippen LogP) is 1.35. The minimum atomic E-state index is 0.532. The van der Waals surface area contributed by atoms with Gasteiger partial charge >= 0.3 is 0 Å². The molecule has 1 N–H and O–H groups in total. The van der Waals surface area contributed by atoms with Crippen molar-refractivity contribution in [3.8, 4) is 0 Å². The normalized spacial score (nSPS) is 18.4. The first-order valence-corrected chi connectivity index (χ1v) is 5.43. The quantitative estimate of drug-likeness (QED) is 0.765. The number of nitrogens with zero attached hydrogens (tertiary/aromatic N) is 2. The third-order valence-electron chi connectivity index (χ3n) is 3.03. The maximum Gasteiger partial charge on any atom is 0.0630 e. The Balaban J connectivity index is 1.90. The molecule has 1 aromatic heterocycles. The number of aromatic nitrogens is 2. The molecule has 78 valence electrons. The largest absolute Gasteiger partial charge is 0.316 e. The topological polar surface area (TPSA) is 29.9 Å². The maximum atomic E-state index is 4.43. The standard InChI is InChI=1S/C11H19N3/c1-3-12-9-11(5-6-11)8-10-4-7-14(2)13-10/h4,7,12H,3,5-6,8-9H2,1-2H3. The highest BCUT2D eigenvalue weighted by Crippen LogP contribution is 2.47. The Kier molecular flexibility index (Phi) is 2.59. The highest BCUT2D eigenvalue weighted by molar-refractivity contribution is 5.08. The lowest BCUT2D eigenvalue weighted by Gasteiger charge is -2.13. The number of aryl methyl sites for hydroxylation is 1. The van der Waals surface area contributed by atoms with E-state index in [4.69, 9.17) is 0 Å². The van der Waals surface area contributed by atoms with Crippen molar-refractivity contribution in [2.24, 2.45) is 12.5 Å². The van der Waals surface area contributed by atoms with Crippen LogP contribution in [-0.2, 0) is 13.5 Å². The lowest BCUT2D eigenvalue weighted by atomic mass is 10.0. The van der Waals surface area contributed by atoms with Crippen LogP contribution in [0.15, 0.2) is 12.3 Å². The molecule has 1 heterocycles. The molecular weight excluding hydrogens is 174 g/mol. The van der Waals surface area contributed by atoms with E-state index in [-0.39, 0.29) is 0 Å². The van der Waals surface area contributed by atoms with E-state index in [1.807, 2.05) is 17.9 Å². The van der Waals surface area contributed by atoms with Crippen LogP contribution in [0.4, 0.5) is 0 Å². The highest BCUT2D eigenvalue weighted by atomic mass is 15.2. The van der Waals surface area contributed by atoms with E-state index in [2.05, 4.69) is 23.4 Å². The van der Waals surface area contributed by atoms with Gasteiger partial charge in [0, 0.05) is 19.8 Å². The maximum absolute atomic E-state index is 4.43. The molecule has 0 bridgehead atoms. The average Bonchev–Trinajstić information content (AvgIpc) is 2.81. The van der Waals surface area contributed by atoms with Gasteiger partial charge in [-0.15, -0.1) is 0 Å². The zero-order valence-corrected chi connectivity index (χ0v) is 9.08. The summed E-state index contributed by atoms with van der Waals surface area (Å²) in [6, 6.07) is 2.13. The molecule has 0 atom stereocenters. The SMILES string of the molecule is CCNCC1(Cc2ccn(C)n2)CC1. The molecule has 0 aromatic carbocycles. The smallest absolute Gasteiger partial charge is 0.0630 e. The molecule has 0 radical (unpaired) electrons. The highest BCUT2D eigenvalue weighted by Gasteiger charge is 2.42. The van der Waals surface area contributed by atoms with Gasteiger partial charge < -0.3 is 5.32 Å². The van der Waals surface area contributed by atoms with E-state index in [9.17, 15) is 0 Å². The Bertz CT molecular complexity index is 299. The summed E-state index contributed by atoms with van der Waals surface area (Å²) >= 11 is 0. The van der Waals surface area contributed by atoms with Crippen LogP contribution in [0.1, 0.15) is 25.5 Å². The van der Waals surface area contributed by atoms with Crippen molar-refractivity contribution in [2.75, 3.05) is 13.1 Å². The Morgan fingerprint density at radius 3 is 2.86 bits per heavy atom. The molecule has 0 unspecified atom stereocenters. The molecule has 1 aromatic rings. The van der Waals surface area contributed by atoms with Gasteiger partial charge in [-0.3, -0.25) is 4.68 Å². The summed E-state index contributed by atoms with van der Waals surface area (Å²) < 4.78 is 1.89. The third-order valence-corrected chi connectivity index (χ3v) is 3.03. The van der Waals surface area contributed by atoms with Gasteiger partial charge in [0.2, 0.25) is 0 Å². The number of hydrogen-bond acceptors (Lipinski definition) is 2. The van der Waals surface area contributed by atoms with Gasteiger partial charge in [0.25, 0.3) is 0 Å². The average molecular weight is 193 g/mol. The van der Waals surface area contributed by atoms with Crippen molar-refractivity contribution in [1.82, 2.24) is 15.1 Å². The molecule has 1 fully saturated rings. The Morgan fingerprint density at radius 2 is 2.36 bits per heavy atom. The van der Waals surface area contributed by atoms with Crippen LogP contribution < -0.4 is 5.32 Å². The van der Waals surface area contributed by atoms with Crippen LogP contribution in [0.2, 0.25) is 0 Å². The molecule has 0 amide bonds. The van der Waals surface area contributed by atoms with E-state index in [0.717, 1.165) is 19.5 Å². The van der Waals surface area contributed by atoms with Crippen molar-refractivity contribution in [3.05, 3.63) is 18.0 Å². The minimum absolute atomic E-state index is 0.532. The first-order chi connectivity index (χ1) is 6.74. The third kappa shape index (κ3) is 2.15. The minimum Gasteiger partial charge on any atom is -0.316 e. The summed E-state index contributed by atoms with van der Waals surface area (Å²) in [4.78, 5) is 0. The van der Waals surface area contributed by atoms with Crippen molar-refractivity contribution in [3.63, 3.8) is 0 Å². The molecule has 14 heavy (non-hydrogen) atoms. The molecular formula is C11H19N3. The van der Waals surface area contributed by atoms with Crippen LogP contribution in [0.5, 0.6) is 0 Å². The number of rotatable bonds is 5. The second-order valence-electron chi connectivity index (χ2n) is 4.44. The van der Waals surface area contributed by atoms with E-state index in [1.165, 1.54) is 18.5 Å². The number of hydrogen-bond donors (Lipinski definition) is 1. The fourth-order valence-corrected chi connectivity index (χ4v) is 1.92. The van der Waals surface area contributed by atoms with Gasteiger partial charge in [0.05, 0.1) is 5.69 Å². The van der Waals surface area contributed by atoms with Crippen LogP contribution in [0, 0.1) is 5.41 Å². The van der Waals surface area contributed by atoms with Gasteiger partial charge in [0.15, 0.2) is 0 Å². The monoisotopic (exact) mass is 193 g/mol. The summed E-state index contributed by atoms with van der Waals surface area (Å²) in [6.07, 6.45) is 5.88. The van der Waals surface area contributed by atoms with Crippen LogP contribution in [0.3, 0.4) is 0 Å². The van der Waals surface area contributed by atoms with E-state index < -0.39 is 0 Å². The van der Waals surface area contributed by atoms with Gasteiger partial charge in [-0.05, 0) is 37.3 Å². The fraction of sp³-hybridized carbons (Fsp3) is 0.727. The molecule has 0 aliphatic heterocycles. The molecule has 3 heteroatoms. The zero-order chi connectivity index (χ0) is 10.0. The first-order valence-electron chi connectivity index (χ1n) is 5.43. The van der Waals surface area contributed by atoms with Gasteiger partial charge in [-0.1, -0.05) is 6.92 Å². The summed E-state index contributed by atoms with van der Waals surface area (Å²) in [6.45, 7) is 4.39. The van der Waals surface area contributed by atoms with Crippen molar-refractivity contribution in [2.45, 2.75) is 26.2 Å².